The fourth-order valence-corrected chi connectivity index (χ4v) is 4.49. The van der Waals surface area contributed by atoms with Crippen molar-refractivity contribution in [3.05, 3.63) is 70.5 Å². The predicted octanol–water partition coefficient (Wildman–Crippen LogP) is 4.90. The summed E-state index contributed by atoms with van der Waals surface area (Å²) < 4.78 is 19.2. The second-order valence-electron chi connectivity index (χ2n) is 9.74. The third-order valence-corrected chi connectivity index (χ3v) is 6.56. The molecule has 0 saturated carbocycles. The standard InChI is InChI=1S/C28H35FN2O4/c1-7-30(8-2)15-16-31-24(18-9-12-20(29)13-10-18)23(26(33)27(31)34)25(32)19-11-14-22(35-6)21(17-19)28(3,4)5/h9-14,17,24,32H,7-8,15-16H2,1-6H3/b25-23-. The number of likely N-dealkylation sites (tertiary alicyclic amines) is 1. The Morgan fingerprint density at radius 1 is 1.09 bits per heavy atom. The molecule has 1 fully saturated rings. The summed E-state index contributed by atoms with van der Waals surface area (Å²) in [5, 5.41) is 11.4. The number of nitrogens with zero attached hydrogens (tertiary/aromatic N) is 2. The Morgan fingerprint density at radius 3 is 2.26 bits per heavy atom. The number of amides is 1. The summed E-state index contributed by atoms with van der Waals surface area (Å²) >= 11 is 0. The van der Waals surface area contributed by atoms with Gasteiger partial charge in [-0.2, -0.15) is 0 Å². The van der Waals surface area contributed by atoms with Crippen molar-refractivity contribution in [1.82, 2.24) is 9.80 Å². The molecule has 1 atom stereocenters. The maximum absolute atomic E-state index is 13.7. The van der Waals surface area contributed by atoms with E-state index in [0.717, 1.165) is 18.7 Å². The molecular weight excluding hydrogens is 447 g/mol. The summed E-state index contributed by atoms with van der Waals surface area (Å²) in [7, 11) is 1.58. The van der Waals surface area contributed by atoms with E-state index < -0.39 is 23.5 Å². The van der Waals surface area contributed by atoms with Gasteiger partial charge in [0.25, 0.3) is 11.7 Å². The molecule has 35 heavy (non-hydrogen) atoms. The first kappa shape index (κ1) is 26.4. The number of methoxy groups -OCH3 is 1. The van der Waals surface area contributed by atoms with Crippen molar-refractivity contribution in [3.63, 3.8) is 0 Å². The van der Waals surface area contributed by atoms with Crippen LogP contribution in [-0.2, 0) is 15.0 Å². The molecule has 1 saturated heterocycles. The van der Waals surface area contributed by atoms with Gasteiger partial charge in [-0.3, -0.25) is 9.59 Å². The minimum atomic E-state index is -0.814. The number of likely N-dealkylation sites (N-methyl/N-ethyl adjacent to an activating group) is 1. The van der Waals surface area contributed by atoms with E-state index in [2.05, 4.69) is 4.90 Å². The highest BCUT2D eigenvalue weighted by Gasteiger charge is 2.46. The Labute approximate surface area is 207 Å². The lowest BCUT2D eigenvalue weighted by Gasteiger charge is -2.28. The molecule has 0 spiro atoms. The first-order valence-electron chi connectivity index (χ1n) is 12.0. The number of carbonyl (C=O) groups is 2. The highest BCUT2D eigenvalue weighted by molar-refractivity contribution is 6.46. The van der Waals surface area contributed by atoms with E-state index in [4.69, 9.17) is 4.74 Å². The van der Waals surface area contributed by atoms with Crippen molar-refractivity contribution in [2.24, 2.45) is 0 Å². The van der Waals surface area contributed by atoms with E-state index in [0.29, 0.717) is 30.0 Å². The second kappa shape index (κ2) is 10.6. The van der Waals surface area contributed by atoms with Gasteiger partial charge in [-0.25, -0.2) is 4.39 Å². The van der Waals surface area contributed by atoms with Crippen molar-refractivity contribution >= 4 is 17.4 Å². The molecule has 1 aliphatic heterocycles. The van der Waals surface area contributed by atoms with E-state index in [-0.39, 0.29) is 16.7 Å². The lowest BCUT2D eigenvalue weighted by atomic mass is 9.84. The molecule has 1 amide bonds. The van der Waals surface area contributed by atoms with Crippen LogP contribution in [-0.4, -0.2) is 59.9 Å². The monoisotopic (exact) mass is 482 g/mol. The Morgan fingerprint density at radius 2 is 1.71 bits per heavy atom. The van der Waals surface area contributed by atoms with E-state index in [9.17, 15) is 19.1 Å². The van der Waals surface area contributed by atoms with Gasteiger partial charge >= 0.3 is 0 Å². The molecule has 3 rings (SSSR count). The SMILES string of the molecule is CCN(CC)CCN1C(=O)C(=O)/C(=C(\O)c2ccc(OC)c(C(C)(C)C)c2)C1c1ccc(F)cc1. The quantitative estimate of drug-likeness (QED) is 0.329. The highest BCUT2D eigenvalue weighted by atomic mass is 19.1. The molecular formula is C28H35FN2O4. The summed E-state index contributed by atoms with van der Waals surface area (Å²) in [4.78, 5) is 30.0. The van der Waals surface area contributed by atoms with E-state index in [1.165, 1.54) is 17.0 Å². The van der Waals surface area contributed by atoms with Crippen LogP contribution in [0, 0.1) is 5.82 Å². The van der Waals surface area contributed by atoms with Crippen LogP contribution in [0.1, 0.15) is 57.4 Å². The maximum Gasteiger partial charge on any atom is 0.295 e. The number of ether oxygens (including phenoxy) is 1. The molecule has 0 aliphatic carbocycles. The van der Waals surface area contributed by atoms with Crippen LogP contribution in [0.3, 0.4) is 0 Å². The number of carbonyl (C=O) groups excluding carboxylic acids is 2. The minimum absolute atomic E-state index is 0.00572. The number of hydrogen-bond acceptors (Lipinski definition) is 5. The first-order valence-corrected chi connectivity index (χ1v) is 12.0. The topological polar surface area (TPSA) is 70.1 Å². The summed E-state index contributed by atoms with van der Waals surface area (Å²) in [6.45, 7) is 12.6. The van der Waals surface area contributed by atoms with Crippen molar-refractivity contribution in [2.75, 3.05) is 33.3 Å². The highest BCUT2D eigenvalue weighted by Crippen LogP contribution is 2.41. The van der Waals surface area contributed by atoms with Crippen LogP contribution in [0.4, 0.5) is 4.39 Å². The molecule has 2 aromatic carbocycles. The van der Waals surface area contributed by atoms with E-state index >= 15 is 0 Å². The molecule has 188 valence electrons. The summed E-state index contributed by atoms with van der Waals surface area (Å²) in [6.07, 6.45) is 0. The van der Waals surface area contributed by atoms with Gasteiger partial charge in [0.15, 0.2) is 0 Å². The van der Waals surface area contributed by atoms with Gasteiger partial charge < -0.3 is 19.6 Å². The molecule has 1 aliphatic rings. The lowest BCUT2D eigenvalue weighted by molar-refractivity contribution is -0.140. The zero-order chi connectivity index (χ0) is 25.9. The summed E-state index contributed by atoms with van der Waals surface area (Å²) in [5.41, 5.74) is 1.57. The average Bonchev–Trinajstić information content (AvgIpc) is 3.08. The van der Waals surface area contributed by atoms with Gasteiger partial charge in [0.1, 0.15) is 17.3 Å². The molecule has 0 aromatic heterocycles. The third kappa shape index (κ3) is 5.40. The van der Waals surface area contributed by atoms with Crippen molar-refractivity contribution in [2.45, 2.75) is 46.1 Å². The lowest BCUT2D eigenvalue weighted by Crippen LogP contribution is -2.38. The molecule has 1 unspecified atom stereocenters. The normalized spacial score (nSPS) is 17.9. The predicted molar refractivity (Wildman–Crippen MR) is 135 cm³/mol. The number of aliphatic hydroxyl groups excluding tert-OH is 1. The Balaban J connectivity index is 2.16. The number of Topliss-reactive ketones (excluding diaryl/α,β-unsaturated/α-hetero) is 1. The molecule has 0 radical (unpaired) electrons. The van der Waals surface area contributed by atoms with Crippen molar-refractivity contribution in [1.29, 1.82) is 0 Å². The molecule has 7 heteroatoms. The Kier molecular flexibility index (Phi) is 8.00. The van der Waals surface area contributed by atoms with Gasteiger partial charge in [-0.1, -0.05) is 46.8 Å². The van der Waals surface area contributed by atoms with Crippen LogP contribution < -0.4 is 4.74 Å². The zero-order valence-corrected chi connectivity index (χ0v) is 21.4. The number of aliphatic hydroxyl groups is 1. The number of ketones is 1. The van der Waals surface area contributed by atoms with Crippen LogP contribution in [0.2, 0.25) is 0 Å². The fourth-order valence-electron chi connectivity index (χ4n) is 4.49. The Hall–Kier alpha value is -3.19. The maximum atomic E-state index is 13.7. The van der Waals surface area contributed by atoms with Gasteiger partial charge in [-0.05, 0) is 54.4 Å². The van der Waals surface area contributed by atoms with Gasteiger partial charge in [-0.15, -0.1) is 0 Å². The number of benzene rings is 2. The average molecular weight is 483 g/mol. The Bertz CT molecular complexity index is 1110. The number of hydrogen-bond donors (Lipinski definition) is 1. The third-order valence-electron chi connectivity index (χ3n) is 6.56. The molecule has 0 bridgehead atoms. The van der Waals surface area contributed by atoms with Crippen LogP contribution in [0.25, 0.3) is 5.76 Å². The number of halogens is 1. The molecule has 6 nitrogen and oxygen atoms in total. The van der Waals surface area contributed by atoms with Crippen molar-refractivity contribution in [3.8, 4) is 5.75 Å². The van der Waals surface area contributed by atoms with Crippen LogP contribution >= 0.6 is 0 Å². The molecule has 1 N–H and O–H groups in total. The zero-order valence-electron chi connectivity index (χ0n) is 21.4. The van der Waals surface area contributed by atoms with Crippen LogP contribution in [0.5, 0.6) is 5.75 Å². The number of rotatable bonds is 8. The van der Waals surface area contributed by atoms with E-state index in [1.54, 1.807) is 37.4 Å². The fraction of sp³-hybridized carbons (Fsp3) is 0.429. The van der Waals surface area contributed by atoms with E-state index in [1.807, 2.05) is 34.6 Å². The largest absolute Gasteiger partial charge is 0.507 e. The first-order chi connectivity index (χ1) is 16.5. The molecule has 2 aromatic rings. The summed E-state index contributed by atoms with van der Waals surface area (Å²) in [5.74, 6) is -1.42. The van der Waals surface area contributed by atoms with Crippen LogP contribution in [0.15, 0.2) is 48.0 Å². The van der Waals surface area contributed by atoms with Gasteiger partial charge in [0.05, 0.1) is 18.7 Å². The summed E-state index contributed by atoms with van der Waals surface area (Å²) in [6, 6.07) is 10.1. The van der Waals surface area contributed by atoms with Gasteiger partial charge in [0, 0.05) is 24.2 Å². The minimum Gasteiger partial charge on any atom is -0.507 e. The second-order valence-corrected chi connectivity index (χ2v) is 9.74. The van der Waals surface area contributed by atoms with Crippen molar-refractivity contribution < 1.29 is 23.8 Å². The van der Waals surface area contributed by atoms with Gasteiger partial charge in [0.2, 0.25) is 0 Å². The smallest absolute Gasteiger partial charge is 0.295 e. The molecule has 1 heterocycles.